The van der Waals surface area contributed by atoms with Crippen LogP contribution in [0.15, 0.2) is 76.6 Å². The van der Waals surface area contributed by atoms with E-state index in [9.17, 15) is 32.3 Å². The van der Waals surface area contributed by atoms with Crippen LogP contribution in [0.2, 0.25) is 10.0 Å². The number of nitrogens with one attached hydrogen (secondary N) is 1. The number of fused-ring (bicyclic) bond motifs is 2. The van der Waals surface area contributed by atoms with Crippen molar-refractivity contribution in [3.8, 4) is 0 Å². The molecule has 2 aliphatic rings. The summed E-state index contributed by atoms with van der Waals surface area (Å²) in [7, 11) is 0. The number of anilines is 3. The minimum absolute atomic E-state index is 0.220. The molecular weight excluding hydrogens is 708 g/mol. The van der Waals surface area contributed by atoms with Gasteiger partial charge in [0.05, 0.1) is 32.2 Å². The molecule has 3 amide bonds. The molecule has 3 heterocycles. The Labute approximate surface area is 291 Å². The van der Waals surface area contributed by atoms with Gasteiger partial charge in [0.1, 0.15) is 11.8 Å². The zero-order chi connectivity index (χ0) is 34.5. The quantitative estimate of drug-likeness (QED) is 0.189. The first-order chi connectivity index (χ1) is 22.8. The number of halogens is 5. The van der Waals surface area contributed by atoms with Gasteiger partial charge in [0.2, 0.25) is 17.7 Å². The van der Waals surface area contributed by atoms with Gasteiger partial charge >= 0.3 is 11.0 Å². The van der Waals surface area contributed by atoms with Crippen LogP contribution in [0.5, 0.6) is 0 Å². The molecule has 1 N–H and O–H groups in total. The summed E-state index contributed by atoms with van der Waals surface area (Å²) >= 11 is 13.8. The predicted octanol–water partition coefficient (Wildman–Crippen LogP) is 7.52. The average Bonchev–Trinajstić information content (AvgIpc) is 3.49. The molecule has 0 radical (unpaired) electrons. The van der Waals surface area contributed by atoms with E-state index in [1.807, 2.05) is 38.1 Å². The van der Waals surface area contributed by atoms with Crippen molar-refractivity contribution < 1.29 is 27.6 Å². The Kier molecular flexibility index (Phi) is 9.42. The van der Waals surface area contributed by atoms with Gasteiger partial charge in [-0.25, -0.2) is 4.90 Å². The second kappa shape index (κ2) is 13.3. The number of aromatic nitrogens is 1. The number of para-hydroxylation sites is 1. The Bertz CT molecular complexity index is 1980. The lowest BCUT2D eigenvalue weighted by Gasteiger charge is -2.31. The van der Waals surface area contributed by atoms with Gasteiger partial charge in [-0.15, -0.1) is 0 Å². The van der Waals surface area contributed by atoms with Crippen LogP contribution in [-0.2, 0) is 27.1 Å². The first-order valence-electron chi connectivity index (χ1n) is 14.9. The van der Waals surface area contributed by atoms with Crippen molar-refractivity contribution in [2.75, 3.05) is 28.2 Å². The van der Waals surface area contributed by atoms with Gasteiger partial charge in [-0.05, 0) is 61.9 Å². The number of alkyl halides is 3. The van der Waals surface area contributed by atoms with E-state index in [2.05, 4.69) is 10.2 Å². The van der Waals surface area contributed by atoms with E-state index in [-0.39, 0.29) is 5.02 Å². The number of amides is 3. The van der Waals surface area contributed by atoms with Crippen LogP contribution in [0.3, 0.4) is 0 Å². The third-order valence-electron chi connectivity index (χ3n) is 8.39. The topological polar surface area (TPSA) is 91.7 Å². The monoisotopic (exact) mass is 734 g/mol. The van der Waals surface area contributed by atoms with Crippen molar-refractivity contribution in [1.82, 2.24) is 4.57 Å². The number of carbonyl (C=O) groups excluding carboxylic acids is 3. The van der Waals surface area contributed by atoms with E-state index in [4.69, 9.17) is 23.2 Å². The van der Waals surface area contributed by atoms with E-state index in [0.29, 0.717) is 31.1 Å². The summed E-state index contributed by atoms with van der Waals surface area (Å²) in [6, 6.07) is 16.4. The lowest BCUT2D eigenvalue weighted by molar-refractivity contribution is -0.137. The second-order valence-electron chi connectivity index (χ2n) is 11.1. The molecule has 0 aliphatic carbocycles. The van der Waals surface area contributed by atoms with Crippen molar-refractivity contribution in [2.24, 2.45) is 5.92 Å². The van der Waals surface area contributed by atoms with Crippen molar-refractivity contribution in [3.63, 3.8) is 0 Å². The number of thioether (sulfide) groups is 1. The Hall–Kier alpha value is -3.78. The number of hydrogen-bond donors (Lipinski definition) is 1. The highest BCUT2D eigenvalue weighted by molar-refractivity contribution is 8.00. The van der Waals surface area contributed by atoms with Crippen LogP contribution >= 0.6 is 46.3 Å². The first-order valence-corrected chi connectivity index (χ1v) is 17.3. The molecule has 1 aromatic heterocycles. The maximum absolute atomic E-state index is 14.2. The fourth-order valence-corrected chi connectivity index (χ4v) is 9.23. The van der Waals surface area contributed by atoms with E-state index in [0.717, 1.165) is 54.0 Å². The van der Waals surface area contributed by atoms with Gasteiger partial charge in [-0.1, -0.05) is 70.6 Å². The van der Waals surface area contributed by atoms with Gasteiger partial charge < -0.3 is 10.2 Å². The Morgan fingerprint density at radius 3 is 2.27 bits per heavy atom. The predicted molar refractivity (Wildman–Crippen MR) is 183 cm³/mol. The Morgan fingerprint density at radius 1 is 0.938 bits per heavy atom. The number of carbonyl (C=O) groups is 3. The molecule has 6 rings (SSSR count). The minimum atomic E-state index is -4.82. The molecule has 0 spiro atoms. The highest BCUT2D eigenvalue weighted by Gasteiger charge is 2.57. The molecule has 15 heteroatoms. The molecule has 3 aromatic carbocycles. The number of imide groups is 1. The van der Waals surface area contributed by atoms with Gasteiger partial charge in [0.25, 0.3) is 0 Å². The Morgan fingerprint density at radius 2 is 1.62 bits per heavy atom. The molecule has 3 atom stereocenters. The molecule has 0 unspecified atom stereocenters. The van der Waals surface area contributed by atoms with Crippen LogP contribution in [0.25, 0.3) is 0 Å². The van der Waals surface area contributed by atoms with Crippen molar-refractivity contribution in [3.05, 3.63) is 102 Å². The summed E-state index contributed by atoms with van der Waals surface area (Å²) in [5, 5.41) is 2.34. The normalized spacial score (nSPS) is 18.9. The molecule has 0 bridgehead atoms. The average molecular weight is 736 g/mol. The number of nitrogens with zero attached hydrogens (tertiary/aromatic N) is 3. The molecule has 250 valence electrons. The van der Waals surface area contributed by atoms with Crippen LogP contribution < -0.4 is 20.0 Å². The van der Waals surface area contributed by atoms with Crippen LogP contribution in [-0.4, -0.2) is 40.6 Å². The lowest BCUT2D eigenvalue weighted by atomic mass is 9.83. The summed E-state index contributed by atoms with van der Waals surface area (Å²) in [6.45, 7) is 5.10. The summed E-state index contributed by atoms with van der Waals surface area (Å²) in [6.07, 6.45) is -4.82. The molecule has 48 heavy (non-hydrogen) atoms. The maximum Gasteiger partial charge on any atom is 0.418 e. The molecule has 1 saturated heterocycles. The molecule has 2 aliphatic heterocycles. The fourth-order valence-electron chi connectivity index (χ4n) is 6.16. The smallest absolute Gasteiger partial charge is 0.372 e. The molecular formula is C33H27Cl2F3N4O4S2. The number of benzene rings is 3. The van der Waals surface area contributed by atoms with Crippen molar-refractivity contribution in [1.29, 1.82) is 0 Å². The SMILES string of the molecule is CCN(CC)c1ccc([C@@H]2c3sc(=O)n(CC(=O)Nc4ccc(Cl)c(Cl)c4)c3S[C@H]3C(=O)N(c4ccccc4C(F)(F)F)C(=O)[C@@H]23)cc1. The third-order valence-corrected chi connectivity index (χ3v) is 11.7. The first kappa shape index (κ1) is 34.1. The second-order valence-corrected chi connectivity index (χ2v) is 14.1. The number of hydrogen-bond acceptors (Lipinski definition) is 7. The highest BCUT2D eigenvalue weighted by atomic mass is 35.5. The van der Waals surface area contributed by atoms with Crippen molar-refractivity contribution >= 4 is 81.1 Å². The highest BCUT2D eigenvalue weighted by Crippen LogP contribution is 2.54. The summed E-state index contributed by atoms with van der Waals surface area (Å²) in [5.41, 5.74) is 0.225. The van der Waals surface area contributed by atoms with Crippen LogP contribution in [0, 0.1) is 5.92 Å². The third kappa shape index (κ3) is 6.13. The minimum Gasteiger partial charge on any atom is -0.372 e. The van der Waals surface area contributed by atoms with Gasteiger partial charge in [-0.3, -0.25) is 23.7 Å². The van der Waals surface area contributed by atoms with Crippen LogP contribution in [0.1, 0.15) is 35.8 Å². The fraction of sp³-hybridized carbons (Fsp3) is 0.273. The summed E-state index contributed by atoms with van der Waals surface area (Å²) < 4.78 is 43.4. The number of thiazole rings is 1. The lowest BCUT2D eigenvalue weighted by Crippen LogP contribution is -2.33. The van der Waals surface area contributed by atoms with Crippen LogP contribution in [0.4, 0.5) is 30.2 Å². The largest absolute Gasteiger partial charge is 0.418 e. The summed E-state index contributed by atoms with van der Waals surface area (Å²) in [5.74, 6) is -4.12. The van der Waals surface area contributed by atoms with Gasteiger partial charge in [0, 0.05) is 35.3 Å². The zero-order valence-electron chi connectivity index (χ0n) is 25.4. The Balaban J connectivity index is 1.43. The van der Waals surface area contributed by atoms with Gasteiger partial charge in [-0.2, -0.15) is 13.2 Å². The van der Waals surface area contributed by atoms with E-state index in [1.54, 1.807) is 6.07 Å². The molecule has 1 fully saturated rings. The number of rotatable bonds is 8. The van der Waals surface area contributed by atoms with E-state index >= 15 is 0 Å². The maximum atomic E-state index is 14.2. The molecule has 4 aromatic rings. The van der Waals surface area contributed by atoms with Gasteiger partial charge in [0.15, 0.2) is 0 Å². The summed E-state index contributed by atoms with van der Waals surface area (Å²) in [4.78, 5) is 57.5. The zero-order valence-corrected chi connectivity index (χ0v) is 28.5. The standard InChI is InChI=1S/C33H27Cl2F3N4O4S2/c1-3-40(4-2)19-12-9-17(10-13-19)25-26-27(30(45)42(29(26)44)23-8-6-5-7-20(23)33(36,37)38)47-31-28(25)48-32(46)41(31)16-24(43)39-18-11-14-21(34)22(35)15-18/h5-15,25-27H,3-4,16H2,1-2H3,(H,39,43)/t25-,26-,27+/m0/s1. The van der Waals surface area contributed by atoms with Crippen molar-refractivity contribution in [2.45, 2.75) is 42.8 Å². The molecule has 8 nitrogen and oxygen atoms in total. The molecule has 0 saturated carbocycles. The van der Waals surface area contributed by atoms with E-state index in [1.165, 1.54) is 28.8 Å². The van der Waals surface area contributed by atoms with E-state index < -0.39 is 63.7 Å².